The van der Waals surface area contributed by atoms with Gasteiger partial charge in [-0.15, -0.1) is 0 Å². The third-order valence-corrected chi connectivity index (χ3v) is 2.30. The molecule has 70 valence electrons. The van der Waals surface area contributed by atoms with E-state index < -0.39 is 0 Å². The van der Waals surface area contributed by atoms with Crippen LogP contribution in [-0.2, 0) is 9.53 Å². The summed E-state index contributed by atoms with van der Waals surface area (Å²) < 4.78 is 5.50. The predicted octanol–water partition coefficient (Wildman–Crippen LogP) is 0.446. The van der Waals surface area contributed by atoms with Crippen molar-refractivity contribution in [2.45, 2.75) is 20.0 Å². The zero-order valence-electron chi connectivity index (χ0n) is 7.75. The topological polar surface area (TPSA) is 38.3 Å². The van der Waals surface area contributed by atoms with Crippen LogP contribution in [0.15, 0.2) is 0 Å². The quantitative estimate of drug-likeness (QED) is 0.610. The van der Waals surface area contributed by atoms with Gasteiger partial charge in [0, 0.05) is 19.0 Å². The van der Waals surface area contributed by atoms with E-state index in [0.717, 1.165) is 19.4 Å². The van der Waals surface area contributed by atoms with Gasteiger partial charge >= 0.3 is 0 Å². The predicted molar refractivity (Wildman–Crippen MR) is 47.0 cm³/mol. The molecule has 1 N–H and O–H groups in total. The van der Waals surface area contributed by atoms with E-state index in [0.29, 0.717) is 18.6 Å². The first-order valence-electron chi connectivity index (χ1n) is 4.51. The van der Waals surface area contributed by atoms with Crippen molar-refractivity contribution < 1.29 is 9.53 Å². The normalized spacial score (nSPS) is 20.6. The molecule has 0 saturated carbocycles. The molecular weight excluding hydrogens is 154 g/mol. The highest BCUT2D eigenvalue weighted by molar-refractivity contribution is 5.53. The van der Waals surface area contributed by atoms with Crippen LogP contribution in [-0.4, -0.2) is 32.1 Å². The first-order valence-corrected chi connectivity index (χ1v) is 4.51. The fourth-order valence-electron chi connectivity index (χ4n) is 1.02. The Labute approximate surface area is 73.5 Å². The molecule has 1 unspecified atom stereocenters. The Bertz CT molecular complexity index is 143. The average molecular weight is 171 g/mol. The van der Waals surface area contributed by atoms with Crippen LogP contribution in [0, 0.1) is 11.8 Å². The molecule has 3 heteroatoms. The average Bonchev–Trinajstić information content (AvgIpc) is 1.93. The number of nitrogens with one attached hydrogen (secondary N) is 1. The van der Waals surface area contributed by atoms with Gasteiger partial charge in [0.25, 0.3) is 0 Å². The maximum atomic E-state index is 10.6. The summed E-state index contributed by atoms with van der Waals surface area (Å²) in [5, 5.41) is 3.12. The van der Waals surface area contributed by atoms with Gasteiger partial charge in [-0.3, -0.25) is 0 Å². The first-order chi connectivity index (χ1) is 5.74. The van der Waals surface area contributed by atoms with E-state index in [1.165, 1.54) is 0 Å². The Morgan fingerprint density at radius 1 is 1.58 bits per heavy atom. The number of rotatable bonds is 5. The number of carbonyl (C=O) groups is 1. The summed E-state index contributed by atoms with van der Waals surface area (Å²) in [6, 6.07) is 0. The highest BCUT2D eigenvalue weighted by Gasteiger charge is 2.20. The summed E-state index contributed by atoms with van der Waals surface area (Å²) in [7, 11) is 0. The summed E-state index contributed by atoms with van der Waals surface area (Å²) in [5.74, 6) is 0.445. The molecule has 0 spiro atoms. The van der Waals surface area contributed by atoms with E-state index in [1.54, 1.807) is 0 Å². The fourth-order valence-corrected chi connectivity index (χ4v) is 1.02. The van der Waals surface area contributed by atoms with Crippen LogP contribution >= 0.6 is 0 Å². The minimum absolute atomic E-state index is 0.0607. The maximum Gasteiger partial charge on any atom is 0.125 e. The van der Waals surface area contributed by atoms with Gasteiger partial charge in [-0.1, -0.05) is 13.8 Å². The lowest BCUT2D eigenvalue weighted by Gasteiger charge is -2.28. The molecule has 0 aromatic carbocycles. The molecule has 0 aromatic rings. The Hall–Kier alpha value is -0.410. The van der Waals surface area contributed by atoms with E-state index in [1.807, 2.05) is 13.8 Å². The van der Waals surface area contributed by atoms with Gasteiger partial charge in [0.05, 0.1) is 12.7 Å². The molecule has 12 heavy (non-hydrogen) atoms. The summed E-state index contributed by atoms with van der Waals surface area (Å²) in [4.78, 5) is 10.6. The zero-order chi connectivity index (χ0) is 8.97. The van der Waals surface area contributed by atoms with Gasteiger partial charge < -0.3 is 14.8 Å². The van der Waals surface area contributed by atoms with Crippen molar-refractivity contribution in [2.24, 2.45) is 11.8 Å². The molecule has 1 saturated heterocycles. The molecule has 0 bridgehead atoms. The van der Waals surface area contributed by atoms with Crippen molar-refractivity contribution in [3.63, 3.8) is 0 Å². The number of carbonyl (C=O) groups excluding carboxylic acids is 1. The van der Waals surface area contributed by atoms with Crippen LogP contribution in [0.5, 0.6) is 0 Å². The van der Waals surface area contributed by atoms with E-state index in [-0.39, 0.29) is 5.92 Å². The maximum absolute atomic E-state index is 10.6. The third kappa shape index (κ3) is 2.57. The molecule has 1 atom stereocenters. The van der Waals surface area contributed by atoms with Gasteiger partial charge in [0.15, 0.2) is 0 Å². The Balaban J connectivity index is 2.13. The third-order valence-electron chi connectivity index (χ3n) is 2.30. The van der Waals surface area contributed by atoms with E-state index in [2.05, 4.69) is 5.32 Å². The molecule has 0 amide bonds. The molecule has 0 aliphatic carbocycles. The van der Waals surface area contributed by atoms with Crippen molar-refractivity contribution in [3.8, 4) is 0 Å². The number of hydrogen-bond donors (Lipinski definition) is 1. The Kier molecular flexibility index (Phi) is 3.69. The number of aldehydes is 1. The molecule has 0 aromatic heterocycles. The zero-order valence-corrected chi connectivity index (χ0v) is 7.75. The van der Waals surface area contributed by atoms with E-state index in [4.69, 9.17) is 4.74 Å². The lowest BCUT2D eigenvalue weighted by molar-refractivity contribution is -0.115. The largest absolute Gasteiger partial charge is 0.375 e. The summed E-state index contributed by atoms with van der Waals surface area (Å²) in [5.41, 5.74) is 0. The van der Waals surface area contributed by atoms with Gasteiger partial charge in [-0.05, 0) is 5.92 Å². The molecule has 3 nitrogen and oxygen atoms in total. The highest BCUT2D eigenvalue weighted by Crippen LogP contribution is 2.10. The summed E-state index contributed by atoms with van der Waals surface area (Å²) in [6.45, 7) is 6.53. The van der Waals surface area contributed by atoms with Crippen molar-refractivity contribution >= 4 is 6.29 Å². The van der Waals surface area contributed by atoms with Crippen molar-refractivity contribution in [2.75, 3.05) is 19.7 Å². The molecule has 1 rings (SSSR count). The van der Waals surface area contributed by atoms with Crippen molar-refractivity contribution in [1.82, 2.24) is 5.32 Å². The number of ether oxygens (including phenoxy) is 1. The minimum Gasteiger partial charge on any atom is -0.375 e. The second-order valence-electron chi connectivity index (χ2n) is 3.66. The molecule has 1 fully saturated rings. The van der Waals surface area contributed by atoms with Crippen LogP contribution in [0.1, 0.15) is 13.8 Å². The van der Waals surface area contributed by atoms with Gasteiger partial charge in [-0.25, -0.2) is 0 Å². The van der Waals surface area contributed by atoms with E-state index in [9.17, 15) is 4.79 Å². The van der Waals surface area contributed by atoms with Crippen LogP contribution in [0.3, 0.4) is 0 Å². The standard InChI is InChI=1S/C9H17NO2/c1-7(2)8(5-11)6-12-9-3-10-4-9/h5,7-10H,3-4,6H2,1-2H3. The van der Waals surface area contributed by atoms with Crippen molar-refractivity contribution in [3.05, 3.63) is 0 Å². The van der Waals surface area contributed by atoms with Crippen LogP contribution in [0.4, 0.5) is 0 Å². The highest BCUT2D eigenvalue weighted by atomic mass is 16.5. The molecular formula is C9H17NO2. The van der Waals surface area contributed by atoms with Gasteiger partial charge in [0.1, 0.15) is 6.29 Å². The molecule has 0 radical (unpaired) electrons. The fraction of sp³-hybridized carbons (Fsp3) is 0.889. The lowest BCUT2D eigenvalue weighted by atomic mass is 9.98. The molecule has 1 aliphatic rings. The molecule has 1 aliphatic heterocycles. The van der Waals surface area contributed by atoms with Crippen molar-refractivity contribution in [1.29, 1.82) is 0 Å². The number of hydrogen-bond acceptors (Lipinski definition) is 3. The Morgan fingerprint density at radius 3 is 2.58 bits per heavy atom. The monoisotopic (exact) mass is 171 g/mol. The van der Waals surface area contributed by atoms with E-state index >= 15 is 0 Å². The van der Waals surface area contributed by atoms with Gasteiger partial charge in [-0.2, -0.15) is 0 Å². The smallest absolute Gasteiger partial charge is 0.125 e. The summed E-state index contributed by atoms with van der Waals surface area (Å²) >= 11 is 0. The second-order valence-corrected chi connectivity index (χ2v) is 3.66. The SMILES string of the molecule is CC(C)C(C=O)COC1CNC1. The Morgan fingerprint density at radius 2 is 2.25 bits per heavy atom. The second kappa shape index (κ2) is 4.58. The van der Waals surface area contributed by atoms with Gasteiger partial charge in [0.2, 0.25) is 0 Å². The molecule has 1 heterocycles. The lowest BCUT2D eigenvalue weighted by Crippen LogP contribution is -2.49. The van der Waals surface area contributed by atoms with Crippen LogP contribution < -0.4 is 5.32 Å². The van der Waals surface area contributed by atoms with Crippen LogP contribution in [0.2, 0.25) is 0 Å². The first kappa shape index (κ1) is 9.68. The minimum atomic E-state index is 0.0607. The summed E-state index contributed by atoms with van der Waals surface area (Å²) in [6.07, 6.45) is 1.34. The van der Waals surface area contributed by atoms with Crippen LogP contribution in [0.25, 0.3) is 0 Å².